The van der Waals surface area contributed by atoms with Crippen molar-refractivity contribution in [3.8, 4) is 5.69 Å². The second-order valence-electron chi connectivity index (χ2n) is 4.67. The van der Waals surface area contributed by atoms with E-state index in [0.29, 0.717) is 6.42 Å². The average Bonchev–Trinajstić information content (AvgIpc) is 2.64. The topological polar surface area (TPSA) is 22.0 Å². The number of benzene rings is 1. The van der Waals surface area contributed by atoms with Crippen LogP contribution in [-0.4, -0.2) is 10.4 Å². The van der Waals surface area contributed by atoms with Gasteiger partial charge < -0.3 is 4.57 Å². The van der Waals surface area contributed by atoms with Crippen molar-refractivity contribution in [2.45, 2.75) is 26.2 Å². The molecule has 0 radical (unpaired) electrons. The zero-order chi connectivity index (χ0) is 12.7. The number of halogens is 1. The van der Waals surface area contributed by atoms with Gasteiger partial charge in [-0.05, 0) is 47.8 Å². The van der Waals surface area contributed by atoms with E-state index in [4.69, 9.17) is 0 Å². The third kappa shape index (κ3) is 1.65. The van der Waals surface area contributed by atoms with Gasteiger partial charge in [0, 0.05) is 28.0 Å². The number of carbonyl (C=O) groups is 1. The summed E-state index contributed by atoms with van der Waals surface area (Å²) < 4.78 is 3.17. The number of carbonyl (C=O) groups excluding carboxylic acids is 1. The van der Waals surface area contributed by atoms with Crippen LogP contribution in [0.2, 0.25) is 0 Å². The van der Waals surface area contributed by atoms with Crippen molar-refractivity contribution in [1.29, 1.82) is 0 Å². The highest BCUT2D eigenvalue weighted by atomic mass is 79.9. The van der Waals surface area contributed by atoms with Crippen LogP contribution >= 0.6 is 15.9 Å². The lowest BCUT2D eigenvalue weighted by Crippen LogP contribution is -2.12. The number of aromatic nitrogens is 1. The van der Waals surface area contributed by atoms with E-state index in [1.165, 1.54) is 0 Å². The Morgan fingerprint density at radius 3 is 2.61 bits per heavy atom. The molecular formula is C15H14BrNO. The number of para-hydroxylation sites is 1. The fourth-order valence-corrected chi connectivity index (χ4v) is 3.34. The monoisotopic (exact) mass is 303 g/mol. The molecule has 0 aliphatic heterocycles. The summed E-state index contributed by atoms with van der Waals surface area (Å²) in [6.07, 6.45) is 2.60. The number of nitrogens with zero attached hydrogens (tertiary/aromatic N) is 1. The summed E-state index contributed by atoms with van der Waals surface area (Å²) in [4.78, 5) is 12.1. The summed E-state index contributed by atoms with van der Waals surface area (Å²) in [6.45, 7) is 2.06. The van der Waals surface area contributed by atoms with Crippen molar-refractivity contribution in [2.24, 2.45) is 0 Å². The number of hydrogen-bond donors (Lipinski definition) is 0. The maximum atomic E-state index is 12.1. The number of ketones is 1. The first kappa shape index (κ1) is 11.7. The Bertz CT molecular complexity index is 613. The molecule has 1 aromatic carbocycles. The van der Waals surface area contributed by atoms with Crippen LogP contribution in [0.5, 0.6) is 0 Å². The van der Waals surface area contributed by atoms with Gasteiger partial charge in [-0.25, -0.2) is 0 Å². The highest BCUT2D eigenvalue weighted by Crippen LogP contribution is 2.35. The Morgan fingerprint density at radius 1 is 1.17 bits per heavy atom. The second kappa shape index (κ2) is 4.39. The molecule has 0 saturated carbocycles. The van der Waals surface area contributed by atoms with Gasteiger partial charge >= 0.3 is 0 Å². The number of fused-ring (bicyclic) bond motifs is 1. The molecule has 2 nitrogen and oxygen atoms in total. The molecule has 0 bridgehead atoms. The smallest absolute Gasteiger partial charge is 0.165 e. The molecule has 0 unspecified atom stereocenters. The van der Waals surface area contributed by atoms with Crippen LogP contribution in [0, 0.1) is 6.92 Å². The predicted molar refractivity (Wildman–Crippen MR) is 75.5 cm³/mol. The van der Waals surface area contributed by atoms with E-state index in [0.717, 1.165) is 40.0 Å². The standard InChI is InChI=1S/C15H14BrNO/c1-10-15(16)14-12(8-5-9-13(14)18)17(10)11-6-3-2-4-7-11/h2-4,6-7H,5,8-9H2,1H3. The Labute approximate surface area is 115 Å². The minimum atomic E-state index is 0.265. The van der Waals surface area contributed by atoms with Crippen molar-refractivity contribution >= 4 is 21.7 Å². The highest BCUT2D eigenvalue weighted by molar-refractivity contribution is 9.10. The molecule has 0 saturated heterocycles. The van der Waals surface area contributed by atoms with Gasteiger partial charge in [0.15, 0.2) is 5.78 Å². The summed E-state index contributed by atoms with van der Waals surface area (Å²) >= 11 is 3.58. The summed E-state index contributed by atoms with van der Waals surface area (Å²) in [6, 6.07) is 10.2. The lowest BCUT2D eigenvalue weighted by molar-refractivity contribution is 0.0971. The maximum absolute atomic E-state index is 12.1. The Hall–Kier alpha value is -1.35. The largest absolute Gasteiger partial charge is 0.316 e. The lowest BCUT2D eigenvalue weighted by atomic mass is 9.96. The first-order valence-corrected chi connectivity index (χ1v) is 6.97. The Morgan fingerprint density at radius 2 is 1.89 bits per heavy atom. The van der Waals surface area contributed by atoms with Gasteiger partial charge in [-0.15, -0.1) is 0 Å². The van der Waals surface area contributed by atoms with E-state index in [-0.39, 0.29) is 5.78 Å². The second-order valence-corrected chi connectivity index (χ2v) is 5.46. The molecule has 1 heterocycles. The van der Waals surface area contributed by atoms with Gasteiger partial charge in [0.2, 0.25) is 0 Å². The SMILES string of the molecule is Cc1c(Br)c2c(n1-c1ccccc1)CCCC2=O. The quantitative estimate of drug-likeness (QED) is 0.778. The minimum absolute atomic E-state index is 0.265. The van der Waals surface area contributed by atoms with E-state index in [2.05, 4.69) is 39.6 Å². The first-order chi connectivity index (χ1) is 8.70. The molecule has 0 spiro atoms. The average molecular weight is 304 g/mol. The predicted octanol–water partition coefficient (Wildman–Crippen LogP) is 4.07. The fourth-order valence-electron chi connectivity index (χ4n) is 2.71. The van der Waals surface area contributed by atoms with Crippen LogP contribution < -0.4 is 0 Å². The molecule has 0 amide bonds. The van der Waals surface area contributed by atoms with Crippen molar-refractivity contribution in [3.63, 3.8) is 0 Å². The van der Waals surface area contributed by atoms with Gasteiger partial charge in [-0.3, -0.25) is 4.79 Å². The summed E-state index contributed by atoms with van der Waals surface area (Å²) in [5, 5.41) is 0. The van der Waals surface area contributed by atoms with E-state index in [9.17, 15) is 4.79 Å². The minimum Gasteiger partial charge on any atom is -0.316 e. The molecule has 18 heavy (non-hydrogen) atoms. The summed E-state index contributed by atoms with van der Waals surface area (Å²) in [7, 11) is 0. The lowest BCUT2D eigenvalue weighted by Gasteiger charge is -2.15. The number of Topliss-reactive ketones (excluding diaryl/α,β-unsaturated/α-hetero) is 1. The van der Waals surface area contributed by atoms with Crippen LogP contribution in [-0.2, 0) is 6.42 Å². The molecule has 1 aliphatic rings. The third-order valence-corrected chi connectivity index (χ3v) is 4.51. The Balaban J connectivity index is 2.28. The van der Waals surface area contributed by atoms with Crippen LogP contribution in [0.3, 0.4) is 0 Å². The number of hydrogen-bond acceptors (Lipinski definition) is 1. The molecule has 2 aromatic rings. The van der Waals surface area contributed by atoms with E-state index >= 15 is 0 Å². The highest BCUT2D eigenvalue weighted by Gasteiger charge is 2.27. The van der Waals surface area contributed by atoms with Gasteiger partial charge in [0.05, 0.1) is 5.56 Å². The molecule has 0 N–H and O–H groups in total. The number of rotatable bonds is 1. The van der Waals surface area contributed by atoms with Crippen LogP contribution in [0.15, 0.2) is 34.8 Å². The summed E-state index contributed by atoms with van der Waals surface area (Å²) in [5.74, 6) is 0.265. The van der Waals surface area contributed by atoms with Crippen LogP contribution in [0.1, 0.15) is 34.6 Å². The van der Waals surface area contributed by atoms with Gasteiger partial charge in [-0.1, -0.05) is 18.2 Å². The zero-order valence-electron chi connectivity index (χ0n) is 10.2. The van der Waals surface area contributed by atoms with E-state index in [1.54, 1.807) is 0 Å². The van der Waals surface area contributed by atoms with Crippen molar-refractivity contribution in [2.75, 3.05) is 0 Å². The van der Waals surface area contributed by atoms with Gasteiger partial charge in [0.25, 0.3) is 0 Å². The molecule has 3 heteroatoms. The van der Waals surface area contributed by atoms with Gasteiger partial charge in [0.1, 0.15) is 0 Å². The third-order valence-electron chi connectivity index (χ3n) is 3.54. The van der Waals surface area contributed by atoms with Crippen molar-refractivity contribution in [1.82, 2.24) is 4.57 Å². The molecule has 1 aliphatic carbocycles. The van der Waals surface area contributed by atoms with Crippen molar-refractivity contribution in [3.05, 3.63) is 51.8 Å². The first-order valence-electron chi connectivity index (χ1n) is 6.18. The van der Waals surface area contributed by atoms with Crippen molar-refractivity contribution < 1.29 is 4.79 Å². The normalized spacial score (nSPS) is 14.7. The molecule has 0 fully saturated rings. The molecule has 0 atom stereocenters. The molecule has 3 rings (SSSR count). The Kier molecular flexibility index (Phi) is 2.86. The molecule has 92 valence electrons. The molecular weight excluding hydrogens is 290 g/mol. The maximum Gasteiger partial charge on any atom is 0.165 e. The van der Waals surface area contributed by atoms with Gasteiger partial charge in [-0.2, -0.15) is 0 Å². The zero-order valence-corrected chi connectivity index (χ0v) is 11.8. The fraction of sp³-hybridized carbons (Fsp3) is 0.267. The summed E-state index contributed by atoms with van der Waals surface area (Å²) in [5.41, 5.74) is 4.29. The van der Waals surface area contributed by atoms with E-state index in [1.807, 2.05) is 18.2 Å². The van der Waals surface area contributed by atoms with Crippen LogP contribution in [0.25, 0.3) is 5.69 Å². The van der Waals surface area contributed by atoms with Crippen LogP contribution in [0.4, 0.5) is 0 Å². The van der Waals surface area contributed by atoms with E-state index < -0.39 is 0 Å². The molecule has 1 aromatic heterocycles.